The van der Waals surface area contributed by atoms with Crippen LogP contribution in [0.15, 0.2) is 42.5 Å². The summed E-state index contributed by atoms with van der Waals surface area (Å²) in [7, 11) is 2.16. The molecule has 0 spiro atoms. The third kappa shape index (κ3) is 3.43. The Morgan fingerprint density at radius 1 is 1.24 bits per heavy atom. The molecule has 2 aromatic carbocycles. The molecule has 0 amide bonds. The highest BCUT2D eigenvalue weighted by atomic mass is 35.5. The fourth-order valence-corrected chi connectivity index (χ4v) is 3.79. The van der Waals surface area contributed by atoms with Crippen molar-refractivity contribution in [1.29, 1.82) is 5.26 Å². The Kier molecular flexibility index (Phi) is 4.62. The summed E-state index contributed by atoms with van der Waals surface area (Å²) >= 11 is 5.94. The number of hydrogen-bond acceptors (Lipinski definition) is 2. The minimum Gasteiger partial charge on any atom is -0.369 e. The lowest BCUT2D eigenvalue weighted by molar-refractivity contribution is 0.395. The van der Waals surface area contributed by atoms with Crippen LogP contribution in [-0.4, -0.2) is 12.6 Å². The van der Waals surface area contributed by atoms with Crippen LogP contribution in [0.2, 0.25) is 5.02 Å². The summed E-state index contributed by atoms with van der Waals surface area (Å²) in [4.78, 5) is 2.36. The van der Waals surface area contributed by atoms with Crippen molar-refractivity contribution in [2.45, 2.75) is 38.6 Å². The molecule has 0 N–H and O–H groups in total. The molecular weight excluding hydrogens is 328 g/mol. The van der Waals surface area contributed by atoms with Gasteiger partial charge in [0.05, 0.1) is 11.6 Å². The molecule has 1 atom stereocenters. The van der Waals surface area contributed by atoms with E-state index in [1.54, 1.807) is 0 Å². The number of anilines is 1. The van der Waals surface area contributed by atoms with Gasteiger partial charge in [-0.3, -0.25) is 0 Å². The van der Waals surface area contributed by atoms with Crippen molar-refractivity contribution in [3.05, 3.63) is 64.2 Å². The van der Waals surface area contributed by atoms with Gasteiger partial charge in [-0.2, -0.15) is 5.26 Å². The van der Waals surface area contributed by atoms with Crippen LogP contribution in [0.25, 0.3) is 11.6 Å². The minimum atomic E-state index is 0.158. The summed E-state index contributed by atoms with van der Waals surface area (Å²) in [5.41, 5.74) is 5.38. The van der Waals surface area contributed by atoms with Crippen LogP contribution in [0, 0.1) is 11.3 Å². The van der Waals surface area contributed by atoms with Gasteiger partial charge in [0, 0.05) is 23.3 Å². The Morgan fingerprint density at radius 2 is 1.92 bits per heavy atom. The van der Waals surface area contributed by atoms with Gasteiger partial charge in [-0.1, -0.05) is 36.7 Å². The molecule has 0 unspecified atom stereocenters. The van der Waals surface area contributed by atoms with E-state index in [1.807, 2.05) is 30.3 Å². The Morgan fingerprint density at radius 3 is 2.56 bits per heavy atom. The molecule has 3 heteroatoms. The van der Waals surface area contributed by atoms with E-state index in [2.05, 4.69) is 57.0 Å². The monoisotopic (exact) mass is 350 g/mol. The zero-order valence-corrected chi connectivity index (χ0v) is 15.9. The Bertz CT molecular complexity index is 857. The van der Waals surface area contributed by atoms with Crippen LogP contribution in [-0.2, 0) is 0 Å². The number of hydrogen-bond donors (Lipinski definition) is 0. The zero-order chi connectivity index (χ0) is 18.2. The first-order valence-electron chi connectivity index (χ1n) is 8.57. The van der Waals surface area contributed by atoms with Crippen LogP contribution in [0.1, 0.15) is 49.8 Å². The quantitative estimate of drug-likeness (QED) is 0.481. The van der Waals surface area contributed by atoms with Gasteiger partial charge in [-0.05, 0) is 73.2 Å². The summed E-state index contributed by atoms with van der Waals surface area (Å²) in [5, 5.41) is 10.2. The van der Waals surface area contributed by atoms with Crippen molar-refractivity contribution in [3.8, 4) is 6.07 Å². The third-order valence-corrected chi connectivity index (χ3v) is 5.50. The summed E-state index contributed by atoms with van der Waals surface area (Å²) in [6, 6.07) is 16.2. The molecule has 1 aliphatic heterocycles. The standard InChI is InChI=1S/C22H23ClN2/c1-15-13-22(2,3)25(4)21-10-5-16(12-20(15)21)11-18(14-24)17-6-8-19(23)9-7-17/h5-12,15H,13H2,1-4H3/b18-11-/t15-/m0/s1. The fourth-order valence-electron chi connectivity index (χ4n) is 3.66. The van der Waals surface area contributed by atoms with Gasteiger partial charge in [0.1, 0.15) is 0 Å². The number of allylic oxidation sites excluding steroid dienone is 1. The van der Waals surface area contributed by atoms with E-state index in [0.717, 1.165) is 17.5 Å². The molecule has 0 aliphatic carbocycles. The summed E-state index contributed by atoms with van der Waals surface area (Å²) in [5.74, 6) is 0.496. The molecule has 0 bridgehead atoms. The third-order valence-electron chi connectivity index (χ3n) is 5.24. The van der Waals surface area contributed by atoms with Gasteiger partial charge in [0.15, 0.2) is 0 Å². The molecule has 0 aromatic heterocycles. The summed E-state index contributed by atoms with van der Waals surface area (Å²) in [6.45, 7) is 6.86. The summed E-state index contributed by atoms with van der Waals surface area (Å²) < 4.78 is 0. The molecule has 1 heterocycles. The molecule has 0 radical (unpaired) electrons. The zero-order valence-electron chi connectivity index (χ0n) is 15.2. The average Bonchev–Trinajstić information content (AvgIpc) is 2.58. The molecule has 2 aromatic rings. The highest BCUT2D eigenvalue weighted by Gasteiger charge is 2.33. The van der Waals surface area contributed by atoms with Crippen molar-refractivity contribution >= 4 is 28.9 Å². The number of halogens is 1. The molecule has 3 rings (SSSR count). The van der Waals surface area contributed by atoms with E-state index in [-0.39, 0.29) is 5.54 Å². The van der Waals surface area contributed by atoms with E-state index in [9.17, 15) is 5.26 Å². The molecule has 0 fully saturated rings. The highest BCUT2D eigenvalue weighted by Crippen LogP contribution is 2.42. The van der Waals surface area contributed by atoms with E-state index in [0.29, 0.717) is 16.5 Å². The van der Waals surface area contributed by atoms with Crippen molar-refractivity contribution in [2.24, 2.45) is 0 Å². The van der Waals surface area contributed by atoms with Gasteiger partial charge in [0.25, 0.3) is 0 Å². The first-order valence-corrected chi connectivity index (χ1v) is 8.95. The molecule has 128 valence electrons. The van der Waals surface area contributed by atoms with Crippen LogP contribution in [0.4, 0.5) is 5.69 Å². The summed E-state index contributed by atoms with van der Waals surface area (Å²) in [6.07, 6.45) is 3.07. The topological polar surface area (TPSA) is 27.0 Å². The number of benzene rings is 2. The number of nitrogens with zero attached hydrogens (tertiary/aromatic N) is 2. The lowest BCUT2D eigenvalue weighted by Crippen LogP contribution is -2.45. The molecular formula is C22H23ClN2. The Labute approximate surface area is 155 Å². The second kappa shape index (κ2) is 6.58. The van der Waals surface area contributed by atoms with Crippen molar-refractivity contribution < 1.29 is 0 Å². The van der Waals surface area contributed by atoms with E-state index in [4.69, 9.17) is 11.6 Å². The first-order chi connectivity index (χ1) is 11.8. The first kappa shape index (κ1) is 17.6. The lowest BCUT2D eigenvalue weighted by atomic mass is 9.80. The predicted molar refractivity (Wildman–Crippen MR) is 107 cm³/mol. The second-order valence-corrected chi connectivity index (χ2v) is 7.91. The average molecular weight is 351 g/mol. The van der Waals surface area contributed by atoms with Gasteiger partial charge >= 0.3 is 0 Å². The van der Waals surface area contributed by atoms with Crippen molar-refractivity contribution in [2.75, 3.05) is 11.9 Å². The van der Waals surface area contributed by atoms with E-state index < -0.39 is 0 Å². The number of rotatable bonds is 2. The molecule has 25 heavy (non-hydrogen) atoms. The maximum absolute atomic E-state index is 9.55. The smallest absolute Gasteiger partial charge is 0.0998 e. The second-order valence-electron chi connectivity index (χ2n) is 7.47. The highest BCUT2D eigenvalue weighted by molar-refractivity contribution is 6.30. The number of nitriles is 1. The maximum atomic E-state index is 9.55. The Balaban J connectivity index is 2.01. The van der Waals surface area contributed by atoms with Crippen LogP contribution in [0.3, 0.4) is 0 Å². The van der Waals surface area contributed by atoms with E-state index >= 15 is 0 Å². The maximum Gasteiger partial charge on any atom is 0.0998 e. The fraction of sp³-hybridized carbons (Fsp3) is 0.318. The SMILES string of the molecule is C[C@H]1CC(C)(C)N(C)c2ccc(/C=C(/C#N)c3ccc(Cl)cc3)cc21. The van der Waals surface area contributed by atoms with Crippen LogP contribution < -0.4 is 4.90 Å². The number of fused-ring (bicyclic) bond motifs is 1. The lowest BCUT2D eigenvalue weighted by Gasteiger charge is -2.45. The van der Waals surface area contributed by atoms with Gasteiger partial charge in [-0.25, -0.2) is 0 Å². The molecule has 1 aliphatic rings. The predicted octanol–water partition coefficient (Wildman–Crippen LogP) is 6.13. The molecule has 0 saturated carbocycles. The van der Waals surface area contributed by atoms with E-state index in [1.165, 1.54) is 11.3 Å². The van der Waals surface area contributed by atoms with Gasteiger partial charge in [0.2, 0.25) is 0 Å². The minimum absolute atomic E-state index is 0.158. The normalized spacial score (nSPS) is 19.3. The van der Waals surface area contributed by atoms with Gasteiger partial charge in [-0.15, -0.1) is 0 Å². The van der Waals surface area contributed by atoms with Gasteiger partial charge < -0.3 is 4.90 Å². The Hall–Kier alpha value is -2.24. The molecule has 0 saturated heterocycles. The van der Waals surface area contributed by atoms with Crippen molar-refractivity contribution in [3.63, 3.8) is 0 Å². The van der Waals surface area contributed by atoms with Crippen LogP contribution in [0.5, 0.6) is 0 Å². The van der Waals surface area contributed by atoms with Crippen LogP contribution >= 0.6 is 11.6 Å². The molecule has 2 nitrogen and oxygen atoms in total. The van der Waals surface area contributed by atoms with Crippen molar-refractivity contribution in [1.82, 2.24) is 0 Å². The largest absolute Gasteiger partial charge is 0.369 e.